The Morgan fingerprint density at radius 3 is 2.58 bits per heavy atom. The molecule has 8 heteroatoms. The van der Waals surface area contributed by atoms with Crippen LogP contribution in [0.3, 0.4) is 0 Å². The zero-order valence-electron chi connectivity index (χ0n) is 17.7. The molecule has 3 heterocycles. The summed E-state index contributed by atoms with van der Waals surface area (Å²) in [5, 5.41) is 6.37. The average molecular weight is 439 g/mol. The largest absolute Gasteiger partial charge is 0.459 e. The molecule has 2 amide bonds. The van der Waals surface area contributed by atoms with E-state index < -0.39 is 0 Å². The Morgan fingerprint density at radius 1 is 1.03 bits per heavy atom. The summed E-state index contributed by atoms with van der Waals surface area (Å²) in [6.07, 6.45) is 1.45. The highest BCUT2D eigenvalue weighted by Crippen LogP contribution is 2.28. The summed E-state index contributed by atoms with van der Waals surface area (Å²) in [6.45, 7) is 6.98. The highest BCUT2D eigenvalue weighted by molar-refractivity contribution is 7.18. The molecule has 0 radical (unpaired) electrons. The van der Waals surface area contributed by atoms with E-state index >= 15 is 0 Å². The molecule has 4 rings (SSSR count). The molecule has 2 aromatic heterocycles. The zero-order chi connectivity index (χ0) is 21.8. The van der Waals surface area contributed by atoms with E-state index in [1.165, 1.54) is 23.2 Å². The highest BCUT2D eigenvalue weighted by atomic mass is 32.1. The number of hydrogen-bond donors (Lipinski definition) is 2. The summed E-state index contributed by atoms with van der Waals surface area (Å²) < 4.78 is 5.11. The van der Waals surface area contributed by atoms with Crippen LogP contribution in [-0.2, 0) is 6.54 Å². The van der Waals surface area contributed by atoms with Gasteiger partial charge in [-0.3, -0.25) is 14.5 Å². The van der Waals surface area contributed by atoms with Crippen molar-refractivity contribution in [1.29, 1.82) is 0 Å². The molecule has 2 N–H and O–H groups in total. The molecule has 0 unspecified atom stereocenters. The van der Waals surface area contributed by atoms with Crippen molar-refractivity contribution < 1.29 is 14.0 Å². The van der Waals surface area contributed by atoms with Gasteiger partial charge in [0.15, 0.2) is 5.76 Å². The predicted molar refractivity (Wildman–Crippen MR) is 123 cm³/mol. The van der Waals surface area contributed by atoms with Gasteiger partial charge in [0.25, 0.3) is 11.8 Å². The first kappa shape index (κ1) is 21.3. The number of amides is 2. The third-order valence-corrected chi connectivity index (χ3v) is 6.44. The van der Waals surface area contributed by atoms with Crippen LogP contribution < -0.4 is 10.6 Å². The molecule has 3 aromatic rings. The van der Waals surface area contributed by atoms with Crippen LogP contribution in [0.25, 0.3) is 0 Å². The highest BCUT2D eigenvalue weighted by Gasteiger charge is 2.18. The van der Waals surface area contributed by atoms with E-state index in [9.17, 15) is 9.59 Å². The quantitative estimate of drug-likeness (QED) is 0.610. The number of hydrogen-bond acceptors (Lipinski definition) is 6. The van der Waals surface area contributed by atoms with Gasteiger partial charge in [-0.25, -0.2) is 0 Å². The minimum atomic E-state index is -0.338. The predicted octanol–water partition coefficient (Wildman–Crippen LogP) is 3.90. The average Bonchev–Trinajstić information content (AvgIpc) is 3.40. The summed E-state index contributed by atoms with van der Waals surface area (Å²) >= 11 is 1.25. The van der Waals surface area contributed by atoms with Gasteiger partial charge in [0.2, 0.25) is 0 Å². The lowest BCUT2D eigenvalue weighted by Crippen LogP contribution is -2.43. The van der Waals surface area contributed by atoms with Crippen molar-refractivity contribution >= 4 is 33.8 Å². The first-order chi connectivity index (χ1) is 15.0. The SMILES string of the molecule is Cc1cc(NC(=O)c2ccco2)sc1C(=O)Nc1cccc(CN2CCN(C)CC2)c1. The molecule has 0 saturated carbocycles. The van der Waals surface area contributed by atoms with Crippen LogP contribution in [0, 0.1) is 6.92 Å². The Labute approximate surface area is 185 Å². The molecule has 162 valence electrons. The number of anilines is 2. The van der Waals surface area contributed by atoms with Crippen LogP contribution >= 0.6 is 11.3 Å². The summed E-state index contributed by atoms with van der Waals surface area (Å²) in [7, 11) is 2.15. The molecule has 0 atom stereocenters. The number of rotatable bonds is 6. The molecule has 31 heavy (non-hydrogen) atoms. The van der Waals surface area contributed by atoms with E-state index in [-0.39, 0.29) is 17.6 Å². The fourth-order valence-corrected chi connectivity index (χ4v) is 4.51. The number of furan rings is 1. The second-order valence-corrected chi connectivity index (χ2v) is 8.84. The van der Waals surface area contributed by atoms with Crippen molar-refractivity contribution in [3.63, 3.8) is 0 Å². The van der Waals surface area contributed by atoms with Crippen LogP contribution in [0.2, 0.25) is 0 Å². The normalized spacial score (nSPS) is 15.0. The lowest BCUT2D eigenvalue weighted by atomic mass is 10.1. The van der Waals surface area contributed by atoms with Crippen LogP contribution in [0.15, 0.2) is 53.1 Å². The molecule has 7 nitrogen and oxygen atoms in total. The third-order valence-electron chi connectivity index (χ3n) is 5.29. The van der Waals surface area contributed by atoms with Gasteiger partial charge < -0.3 is 20.0 Å². The van der Waals surface area contributed by atoms with E-state index in [4.69, 9.17) is 4.42 Å². The summed E-state index contributed by atoms with van der Waals surface area (Å²) in [5.41, 5.74) is 2.76. The molecular weight excluding hydrogens is 412 g/mol. The van der Waals surface area contributed by atoms with Crippen molar-refractivity contribution in [2.24, 2.45) is 0 Å². The van der Waals surface area contributed by atoms with Gasteiger partial charge in [-0.05, 0) is 55.4 Å². The fourth-order valence-electron chi connectivity index (χ4n) is 3.55. The standard InChI is InChI=1S/C23H26N4O3S/c1-16-13-20(25-22(28)19-7-4-12-30-19)31-21(16)23(29)24-18-6-3-5-17(14-18)15-27-10-8-26(2)9-11-27/h3-7,12-14H,8-11,15H2,1-2H3,(H,24,29)(H,25,28). The van der Waals surface area contributed by atoms with Gasteiger partial charge in [0.05, 0.1) is 16.1 Å². The van der Waals surface area contributed by atoms with Crippen LogP contribution in [0.1, 0.15) is 31.4 Å². The number of nitrogens with one attached hydrogen (secondary N) is 2. The second-order valence-electron chi connectivity index (χ2n) is 7.79. The maximum Gasteiger partial charge on any atom is 0.291 e. The Balaban J connectivity index is 1.39. The second kappa shape index (κ2) is 9.47. The maximum atomic E-state index is 12.9. The number of thiophene rings is 1. The molecule has 1 saturated heterocycles. The van der Waals surface area contributed by atoms with Gasteiger partial charge in [0.1, 0.15) is 0 Å². The van der Waals surface area contributed by atoms with E-state index in [1.54, 1.807) is 18.2 Å². The minimum Gasteiger partial charge on any atom is -0.459 e. The van der Waals surface area contributed by atoms with Gasteiger partial charge in [-0.2, -0.15) is 0 Å². The lowest BCUT2D eigenvalue weighted by molar-refractivity contribution is 0.0995. The Kier molecular flexibility index (Phi) is 6.50. The molecular formula is C23H26N4O3S. The molecule has 0 bridgehead atoms. The molecule has 0 spiro atoms. The van der Waals surface area contributed by atoms with Crippen molar-refractivity contribution in [2.75, 3.05) is 43.9 Å². The smallest absolute Gasteiger partial charge is 0.291 e. The summed E-state index contributed by atoms with van der Waals surface area (Å²) in [6, 6.07) is 13.0. The zero-order valence-corrected chi connectivity index (χ0v) is 18.5. The topological polar surface area (TPSA) is 77.8 Å². The fraction of sp³-hybridized carbons (Fsp3) is 0.304. The Morgan fingerprint density at radius 2 is 1.84 bits per heavy atom. The van der Waals surface area contributed by atoms with Crippen LogP contribution in [0.4, 0.5) is 10.7 Å². The molecule has 1 aliphatic rings. The van der Waals surface area contributed by atoms with E-state index in [0.717, 1.165) is 44.0 Å². The molecule has 1 aliphatic heterocycles. The molecule has 1 aromatic carbocycles. The number of benzene rings is 1. The van der Waals surface area contributed by atoms with Crippen LogP contribution in [0.5, 0.6) is 0 Å². The van der Waals surface area contributed by atoms with Crippen molar-refractivity contribution in [3.8, 4) is 0 Å². The van der Waals surface area contributed by atoms with E-state index in [2.05, 4.69) is 33.5 Å². The Bertz CT molecular complexity index is 1050. The first-order valence-corrected chi connectivity index (χ1v) is 11.1. The van der Waals surface area contributed by atoms with Gasteiger partial charge in [-0.1, -0.05) is 12.1 Å². The number of carbonyl (C=O) groups is 2. The molecule has 1 fully saturated rings. The van der Waals surface area contributed by atoms with Crippen molar-refractivity contribution in [2.45, 2.75) is 13.5 Å². The molecule has 0 aliphatic carbocycles. The third kappa shape index (κ3) is 5.41. The minimum absolute atomic E-state index is 0.183. The van der Waals surface area contributed by atoms with Gasteiger partial charge in [-0.15, -0.1) is 11.3 Å². The lowest BCUT2D eigenvalue weighted by Gasteiger charge is -2.32. The Hall–Kier alpha value is -2.94. The van der Waals surface area contributed by atoms with Crippen molar-refractivity contribution in [3.05, 3.63) is 70.5 Å². The number of piperazine rings is 1. The van der Waals surface area contributed by atoms with E-state index in [0.29, 0.717) is 9.88 Å². The number of aryl methyl sites for hydroxylation is 1. The summed E-state index contributed by atoms with van der Waals surface area (Å²) in [5.74, 6) is -0.290. The van der Waals surface area contributed by atoms with Crippen molar-refractivity contribution in [1.82, 2.24) is 9.80 Å². The van der Waals surface area contributed by atoms with E-state index in [1.807, 2.05) is 25.1 Å². The number of carbonyl (C=O) groups excluding carboxylic acids is 2. The monoisotopic (exact) mass is 438 g/mol. The van der Waals surface area contributed by atoms with Gasteiger partial charge in [0, 0.05) is 38.4 Å². The maximum absolute atomic E-state index is 12.9. The number of nitrogens with zero attached hydrogens (tertiary/aromatic N) is 2. The first-order valence-electron chi connectivity index (χ1n) is 10.2. The van der Waals surface area contributed by atoms with Crippen LogP contribution in [-0.4, -0.2) is 54.8 Å². The summed E-state index contributed by atoms with van der Waals surface area (Å²) in [4.78, 5) is 30.4. The number of likely N-dealkylation sites (N-methyl/N-ethyl adjacent to an activating group) is 1. The van der Waals surface area contributed by atoms with Gasteiger partial charge >= 0.3 is 0 Å².